The first kappa shape index (κ1) is 20.9. The van der Waals surface area contributed by atoms with Gasteiger partial charge in [0.2, 0.25) is 5.28 Å². The van der Waals surface area contributed by atoms with Crippen LogP contribution in [0.15, 0.2) is 58.3 Å². The molecule has 2 aromatic carbocycles. The quantitative estimate of drug-likeness (QED) is 0.520. The highest BCUT2D eigenvalue weighted by molar-refractivity contribution is 7.86. The van der Waals surface area contributed by atoms with Gasteiger partial charge in [0.25, 0.3) is 20.2 Å². The van der Waals surface area contributed by atoms with Gasteiger partial charge in [0, 0.05) is 0 Å². The number of ether oxygens (including phenoxy) is 2. The summed E-state index contributed by atoms with van der Waals surface area (Å²) in [6.45, 7) is 0. The summed E-state index contributed by atoms with van der Waals surface area (Å²) in [5.74, 6) is 0.284. The summed E-state index contributed by atoms with van der Waals surface area (Å²) in [6.07, 6.45) is 0. The van der Waals surface area contributed by atoms with Crippen LogP contribution < -0.4 is 9.47 Å². The van der Waals surface area contributed by atoms with Gasteiger partial charge in [-0.2, -0.15) is 26.8 Å². The molecular formula is C15H10ClN3O8S2. The average molecular weight is 460 g/mol. The summed E-state index contributed by atoms with van der Waals surface area (Å²) in [4.78, 5) is 10.7. The Morgan fingerprint density at radius 3 is 1.31 bits per heavy atom. The Balaban J connectivity index is 1.79. The third kappa shape index (κ3) is 5.58. The third-order valence-electron chi connectivity index (χ3n) is 3.23. The molecule has 0 saturated carbocycles. The van der Waals surface area contributed by atoms with Gasteiger partial charge < -0.3 is 9.47 Å². The Morgan fingerprint density at radius 1 is 0.655 bits per heavy atom. The zero-order valence-electron chi connectivity index (χ0n) is 14.0. The molecule has 0 aliphatic rings. The van der Waals surface area contributed by atoms with E-state index in [1.165, 1.54) is 24.3 Å². The molecule has 0 amide bonds. The van der Waals surface area contributed by atoms with Crippen molar-refractivity contribution in [3.05, 3.63) is 53.8 Å². The second kappa shape index (κ2) is 7.88. The van der Waals surface area contributed by atoms with Gasteiger partial charge in [0.15, 0.2) is 0 Å². The van der Waals surface area contributed by atoms with Crippen LogP contribution in [-0.4, -0.2) is 40.9 Å². The maximum absolute atomic E-state index is 11.0. The lowest BCUT2D eigenvalue weighted by Crippen LogP contribution is -2.00. The molecule has 11 nitrogen and oxygen atoms in total. The number of benzene rings is 2. The zero-order chi connectivity index (χ0) is 21.2. The van der Waals surface area contributed by atoms with E-state index in [1.807, 2.05) is 0 Å². The van der Waals surface area contributed by atoms with Crippen LogP contribution in [0, 0.1) is 0 Å². The predicted molar refractivity (Wildman–Crippen MR) is 97.5 cm³/mol. The van der Waals surface area contributed by atoms with Crippen molar-refractivity contribution in [3.8, 4) is 23.5 Å². The molecule has 2 N–H and O–H groups in total. The molecule has 0 unspecified atom stereocenters. The average Bonchev–Trinajstić information content (AvgIpc) is 2.60. The van der Waals surface area contributed by atoms with Crippen molar-refractivity contribution in [1.29, 1.82) is 0 Å². The van der Waals surface area contributed by atoms with Crippen LogP contribution in [0.2, 0.25) is 5.28 Å². The lowest BCUT2D eigenvalue weighted by atomic mass is 10.3. The first-order chi connectivity index (χ1) is 13.5. The second-order valence-corrected chi connectivity index (χ2v) is 8.45. The van der Waals surface area contributed by atoms with E-state index in [-0.39, 0.29) is 38.6 Å². The highest BCUT2D eigenvalue weighted by Gasteiger charge is 2.13. The van der Waals surface area contributed by atoms with Gasteiger partial charge in [-0.1, -0.05) is 0 Å². The van der Waals surface area contributed by atoms with Crippen molar-refractivity contribution in [2.75, 3.05) is 0 Å². The Morgan fingerprint density at radius 2 is 1.00 bits per heavy atom. The van der Waals surface area contributed by atoms with Crippen LogP contribution >= 0.6 is 11.6 Å². The molecule has 0 atom stereocenters. The minimum Gasteiger partial charge on any atom is -0.424 e. The Labute approximate surface area is 169 Å². The van der Waals surface area contributed by atoms with Crippen LogP contribution in [0.3, 0.4) is 0 Å². The molecule has 0 aliphatic carbocycles. The van der Waals surface area contributed by atoms with E-state index in [2.05, 4.69) is 15.0 Å². The molecule has 0 fully saturated rings. The van der Waals surface area contributed by atoms with Crippen LogP contribution in [0.25, 0.3) is 0 Å². The molecule has 0 spiro atoms. The van der Waals surface area contributed by atoms with Crippen LogP contribution in [0.5, 0.6) is 23.5 Å². The van der Waals surface area contributed by atoms with Crippen molar-refractivity contribution in [2.45, 2.75) is 9.79 Å². The first-order valence-electron chi connectivity index (χ1n) is 7.43. The van der Waals surface area contributed by atoms with Crippen molar-refractivity contribution in [3.63, 3.8) is 0 Å². The standard InChI is InChI=1S/C15H10ClN3O8S2/c16-13-17-14(26-9-1-5-11(6-2-9)28(20,21)22)19-15(18-13)27-10-3-7-12(8-4-10)29(23,24)25/h1-8H,(H,20,21,22)(H,23,24,25). The fourth-order valence-corrected chi connectivity index (χ4v) is 3.08. The number of hydrogen-bond donors (Lipinski definition) is 2. The fourth-order valence-electron chi connectivity index (χ4n) is 1.98. The van der Waals surface area contributed by atoms with Crippen LogP contribution in [0.4, 0.5) is 0 Å². The summed E-state index contributed by atoms with van der Waals surface area (Å²) in [7, 11) is -8.69. The predicted octanol–water partition coefficient (Wildman–Crippen LogP) is 2.60. The molecule has 0 bridgehead atoms. The summed E-state index contributed by atoms with van der Waals surface area (Å²) >= 11 is 5.81. The molecule has 1 aromatic heterocycles. The van der Waals surface area contributed by atoms with E-state index in [1.54, 1.807) is 0 Å². The first-order valence-corrected chi connectivity index (χ1v) is 10.7. The van der Waals surface area contributed by atoms with Gasteiger partial charge in [-0.25, -0.2) is 0 Å². The van der Waals surface area contributed by atoms with Gasteiger partial charge in [-0.15, -0.1) is 4.98 Å². The number of hydrogen-bond acceptors (Lipinski definition) is 9. The molecule has 3 aromatic rings. The van der Waals surface area contributed by atoms with Gasteiger partial charge in [0.05, 0.1) is 9.79 Å². The van der Waals surface area contributed by atoms with E-state index in [9.17, 15) is 16.8 Å². The topological polar surface area (TPSA) is 166 Å². The minimum absolute atomic E-state index is 0.142. The molecule has 3 rings (SSSR count). The normalized spacial score (nSPS) is 11.8. The minimum atomic E-state index is -4.34. The molecule has 14 heteroatoms. The number of aromatic nitrogens is 3. The molecular weight excluding hydrogens is 450 g/mol. The molecule has 1 heterocycles. The summed E-state index contributed by atoms with van der Waals surface area (Å²) in [5.41, 5.74) is 0. The Hall–Kier alpha value is -2.84. The van der Waals surface area contributed by atoms with Crippen molar-refractivity contribution in [1.82, 2.24) is 15.0 Å². The fraction of sp³-hybridized carbons (Fsp3) is 0. The Bertz CT molecular complexity index is 1150. The maximum Gasteiger partial charge on any atom is 0.329 e. The maximum atomic E-state index is 11.0. The molecule has 0 aliphatic heterocycles. The summed E-state index contributed by atoms with van der Waals surface area (Å²) < 4.78 is 72.8. The summed E-state index contributed by atoms with van der Waals surface area (Å²) in [5, 5.41) is -0.269. The molecule has 0 radical (unpaired) electrons. The third-order valence-corrected chi connectivity index (χ3v) is 5.13. The van der Waals surface area contributed by atoms with E-state index >= 15 is 0 Å². The van der Waals surface area contributed by atoms with Crippen molar-refractivity contribution >= 4 is 31.8 Å². The van der Waals surface area contributed by atoms with Gasteiger partial charge in [0.1, 0.15) is 11.5 Å². The van der Waals surface area contributed by atoms with E-state index in [0.717, 1.165) is 24.3 Å². The van der Waals surface area contributed by atoms with Gasteiger partial charge in [-0.3, -0.25) is 9.11 Å². The lowest BCUT2D eigenvalue weighted by molar-refractivity contribution is 0.397. The SMILES string of the molecule is O=S(=O)(O)c1ccc(Oc2nc(Cl)nc(Oc3ccc(S(=O)(=O)O)cc3)n2)cc1. The summed E-state index contributed by atoms with van der Waals surface area (Å²) in [6, 6.07) is 8.95. The van der Waals surface area contributed by atoms with Crippen molar-refractivity contribution < 1.29 is 35.4 Å². The monoisotopic (exact) mass is 459 g/mol. The van der Waals surface area contributed by atoms with Gasteiger partial charge in [-0.05, 0) is 60.1 Å². The smallest absolute Gasteiger partial charge is 0.329 e. The molecule has 29 heavy (non-hydrogen) atoms. The highest BCUT2D eigenvalue weighted by atomic mass is 35.5. The van der Waals surface area contributed by atoms with E-state index in [4.69, 9.17) is 30.2 Å². The number of rotatable bonds is 6. The number of nitrogens with zero attached hydrogens (tertiary/aromatic N) is 3. The largest absolute Gasteiger partial charge is 0.424 e. The number of halogens is 1. The molecule has 152 valence electrons. The van der Waals surface area contributed by atoms with E-state index in [0.29, 0.717) is 0 Å². The second-order valence-electron chi connectivity index (χ2n) is 5.27. The Kier molecular flexibility index (Phi) is 5.68. The zero-order valence-corrected chi connectivity index (χ0v) is 16.4. The van der Waals surface area contributed by atoms with Crippen molar-refractivity contribution in [2.24, 2.45) is 0 Å². The van der Waals surface area contributed by atoms with Gasteiger partial charge >= 0.3 is 12.0 Å². The molecule has 0 saturated heterocycles. The van der Waals surface area contributed by atoms with Crippen LogP contribution in [0.1, 0.15) is 0 Å². The highest BCUT2D eigenvalue weighted by Crippen LogP contribution is 2.25. The van der Waals surface area contributed by atoms with Crippen LogP contribution in [-0.2, 0) is 20.2 Å². The van der Waals surface area contributed by atoms with E-state index < -0.39 is 20.2 Å². The lowest BCUT2D eigenvalue weighted by Gasteiger charge is -2.07.